The highest BCUT2D eigenvalue weighted by Crippen LogP contribution is 2.31. The lowest BCUT2D eigenvalue weighted by molar-refractivity contribution is -0.116. The number of carbonyl (C=O) groups excluding carboxylic acids is 1. The lowest BCUT2D eigenvalue weighted by atomic mass is 10.0. The fourth-order valence-electron chi connectivity index (χ4n) is 3.97. The Morgan fingerprint density at radius 1 is 1.18 bits per heavy atom. The maximum absolute atomic E-state index is 13.0. The average molecular weight is 410 g/mol. The van der Waals surface area contributed by atoms with E-state index in [1.807, 2.05) is 7.05 Å². The minimum atomic E-state index is -3.59. The third-order valence-corrected chi connectivity index (χ3v) is 7.69. The molecular formula is C20H31N3O4S. The van der Waals surface area contributed by atoms with Gasteiger partial charge in [0.15, 0.2) is 0 Å². The summed E-state index contributed by atoms with van der Waals surface area (Å²) in [5, 5.41) is 2.85. The summed E-state index contributed by atoms with van der Waals surface area (Å²) < 4.78 is 32.8. The van der Waals surface area contributed by atoms with Crippen LogP contribution in [0.5, 0.6) is 5.75 Å². The van der Waals surface area contributed by atoms with Gasteiger partial charge in [-0.15, -0.1) is 0 Å². The fraction of sp³-hybridized carbons (Fsp3) is 0.650. The van der Waals surface area contributed by atoms with Crippen LogP contribution in [0.15, 0.2) is 23.1 Å². The van der Waals surface area contributed by atoms with Gasteiger partial charge in [0.25, 0.3) is 0 Å². The monoisotopic (exact) mass is 409 g/mol. The van der Waals surface area contributed by atoms with Crippen molar-refractivity contribution in [2.24, 2.45) is 5.92 Å². The highest BCUT2D eigenvalue weighted by molar-refractivity contribution is 7.89. The first-order chi connectivity index (χ1) is 13.4. The number of sulfonamides is 1. The number of nitrogens with one attached hydrogen (secondary N) is 1. The number of nitrogens with zero attached hydrogens (tertiary/aromatic N) is 2. The molecule has 2 fully saturated rings. The fourth-order valence-corrected chi connectivity index (χ4v) is 5.42. The summed E-state index contributed by atoms with van der Waals surface area (Å²) >= 11 is 0. The van der Waals surface area contributed by atoms with Crippen LogP contribution >= 0.6 is 0 Å². The van der Waals surface area contributed by atoms with Crippen LogP contribution in [-0.4, -0.2) is 63.9 Å². The van der Waals surface area contributed by atoms with Gasteiger partial charge in [-0.05, 0) is 37.6 Å². The van der Waals surface area contributed by atoms with Crippen LogP contribution in [0.4, 0.5) is 5.69 Å². The van der Waals surface area contributed by atoms with Crippen molar-refractivity contribution in [3.8, 4) is 5.75 Å². The number of anilines is 1. The van der Waals surface area contributed by atoms with Gasteiger partial charge in [0.2, 0.25) is 15.9 Å². The van der Waals surface area contributed by atoms with Gasteiger partial charge in [0.05, 0.1) is 17.7 Å². The number of hydrogen-bond acceptors (Lipinski definition) is 5. The quantitative estimate of drug-likeness (QED) is 0.749. The van der Waals surface area contributed by atoms with Crippen molar-refractivity contribution in [3.63, 3.8) is 0 Å². The van der Waals surface area contributed by atoms with Crippen LogP contribution in [-0.2, 0) is 14.8 Å². The SMILES string of the molecule is COc1ccc(S(=O)(=O)N2CCN(C)CC2)cc1NC(=O)CCC1CCCC1. The summed E-state index contributed by atoms with van der Waals surface area (Å²) in [5.74, 6) is 1.00. The molecule has 1 aromatic carbocycles. The van der Waals surface area contributed by atoms with E-state index in [2.05, 4.69) is 10.2 Å². The number of likely N-dealkylation sites (N-methyl/N-ethyl adjacent to an activating group) is 1. The molecule has 0 spiro atoms. The summed E-state index contributed by atoms with van der Waals surface area (Å²) in [6.07, 6.45) is 6.25. The van der Waals surface area contributed by atoms with Crippen LogP contribution in [0, 0.1) is 5.92 Å². The van der Waals surface area contributed by atoms with Gasteiger partial charge < -0.3 is 15.0 Å². The van der Waals surface area contributed by atoms with Crippen LogP contribution < -0.4 is 10.1 Å². The molecule has 1 aliphatic heterocycles. The summed E-state index contributed by atoms with van der Waals surface area (Å²) in [6, 6.07) is 4.66. The molecule has 0 aromatic heterocycles. The first-order valence-corrected chi connectivity index (χ1v) is 11.5. The molecule has 2 aliphatic rings. The third-order valence-electron chi connectivity index (χ3n) is 5.80. The Morgan fingerprint density at radius 3 is 2.50 bits per heavy atom. The number of benzene rings is 1. The molecule has 1 aliphatic carbocycles. The van der Waals surface area contributed by atoms with E-state index >= 15 is 0 Å². The molecule has 0 radical (unpaired) electrons. The van der Waals surface area contributed by atoms with Crippen molar-refractivity contribution < 1.29 is 17.9 Å². The maximum Gasteiger partial charge on any atom is 0.243 e. The summed E-state index contributed by atoms with van der Waals surface area (Å²) in [5.41, 5.74) is 0.411. The number of methoxy groups -OCH3 is 1. The van der Waals surface area contributed by atoms with E-state index in [4.69, 9.17) is 4.74 Å². The highest BCUT2D eigenvalue weighted by atomic mass is 32.2. The number of piperazine rings is 1. The maximum atomic E-state index is 13.0. The van der Waals surface area contributed by atoms with Gasteiger partial charge in [-0.25, -0.2) is 8.42 Å². The Balaban J connectivity index is 1.71. The molecular weight excluding hydrogens is 378 g/mol. The summed E-state index contributed by atoms with van der Waals surface area (Å²) in [7, 11) is -0.0995. The number of hydrogen-bond donors (Lipinski definition) is 1. The Bertz CT molecular complexity index is 783. The van der Waals surface area contributed by atoms with Crippen molar-refractivity contribution in [3.05, 3.63) is 18.2 Å². The minimum absolute atomic E-state index is 0.0978. The van der Waals surface area contributed by atoms with Gasteiger partial charge in [-0.1, -0.05) is 25.7 Å². The smallest absolute Gasteiger partial charge is 0.243 e. The van der Waals surface area contributed by atoms with E-state index < -0.39 is 10.0 Å². The molecule has 28 heavy (non-hydrogen) atoms. The average Bonchev–Trinajstić information content (AvgIpc) is 3.20. The van der Waals surface area contributed by atoms with Crippen molar-refractivity contribution in [1.82, 2.24) is 9.21 Å². The largest absolute Gasteiger partial charge is 0.495 e. The van der Waals surface area contributed by atoms with Gasteiger partial charge >= 0.3 is 0 Å². The Morgan fingerprint density at radius 2 is 1.86 bits per heavy atom. The van der Waals surface area contributed by atoms with Crippen molar-refractivity contribution in [1.29, 1.82) is 0 Å². The van der Waals surface area contributed by atoms with Crippen LogP contribution in [0.25, 0.3) is 0 Å². The standard InChI is InChI=1S/C20H31N3O4S/c1-22-11-13-23(14-12-22)28(25,26)17-8-9-19(27-2)18(15-17)21-20(24)10-7-16-5-3-4-6-16/h8-9,15-16H,3-7,10-14H2,1-2H3,(H,21,24). The molecule has 1 saturated carbocycles. The van der Waals surface area contributed by atoms with Gasteiger partial charge in [0, 0.05) is 32.6 Å². The molecule has 0 atom stereocenters. The summed E-state index contributed by atoms with van der Waals surface area (Å²) in [4.78, 5) is 14.7. The molecule has 8 heteroatoms. The van der Waals surface area contributed by atoms with Crippen molar-refractivity contribution in [2.45, 2.75) is 43.4 Å². The second-order valence-electron chi connectivity index (χ2n) is 7.81. The van der Waals surface area contributed by atoms with Crippen molar-refractivity contribution in [2.75, 3.05) is 45.7 Å². The Labute approximate surface area is 168 Å². The van der Waals surface area contributed by atoms with Crippen LogP contribution in [0.1, 0.15) is 38.5 Å². The second-order valence-corrected chi connectivity index (χ2v) is 9.74. The molecule has 156 valence electrons. The lowest BCUT2D eigenvalue weighted by Gasteiger charge is -2.31. The molecule has 7 nitrogen and oxygen atoms in total. The molecule has 1 heterocycles. The molecule has 1 saturated heterocycles. The number of ether oxygens (including phenoxy) is 1. The van der Waals surface area contributed by atoms with Gasteiger partial charge in [-0.3, -0.25) is 4.79 Å². The topological polar surface area (TPSA) is 79.0 Å². The molecule has 3 rings (SSSR count). The number of rotatable bonds is 7. The van der Waals surface area contributed by atoms with Crippen LogP contribution in [0.2, 0.25) is 0 Å². The van der Waals surface area contributed by atoms with E-state index in [0.29, 0.717) is 50.0 Å². The predicted molar refractivity (Wildman–Crippen MR) is 109 cm³/mol. The zero-order chi connectivity index (χ0) is 20.1. The second kappa shape index (κ2) is 9.24. The first kappa shape index (κ1) is 21.1. The van der Waals surface area contributed by atoms with E-state index in [1.54, 1.807) is 12.1 Å². The van der Waals surface area contributed by atoms with E-state index in [9.17, 15) is 13.2 Å². The zero-order valence-electron chi connectivity index (χ0n) is 16.8. The third kappa shape index (κ3) is 5.04. The zero-order valence-corrected chi connectivity index (χ0v) is 17.6. The van der Waals surface area contributed by atoms with Crippen LogP contribution in [0.3, 0.4) is 0 Å². The predicted octanol–water partition coefficient (Wildman–Crippen LogP) is 2.54. The van der Waals surface area contributed by atoms with E-state index in [1.165, 1.54) is 43.2 Å². The molecule has 0 unspecified atom stereocenters. The van der Waals surface area contributed by atoms with Gasteiger partial charge in [-0.2, -0.15) is 4.31 Å². The molecule has 1 aromatic rings. The number of carbonyl (C=O) groups is 1. The Hall–Kier alpha value is -1.64. The minimum Gasteiger partial charge on any atom is -0.495 e. The molecule has 1 amide bonds. The van der Waals surface area contributed by atoms with Crippen molar-refractivity contribution >= 4 is 21.6 Å². The summed E-state index contributed by atoms with van der Waals surface area (Å²) in [6.45, 7) is 2.35. The van der Waals surface area contributed by atoms with Gasteiger partial charge in [0.1, 0.15) is 5.75 Å². The van der Waals surface area contributed by atoms with E-state index in [0.717, 1.165) is 6.42 Å². The molecule has 1 N–H and O–H groups in total. The normalized spacial score (nSPS) is 19.6. The number of amides is 1. The highest BCUT2D eigenvalue weighted by Gasteiger charge is 2.28. The molecule has 0 bridgehead atoms. The Kier molecular flexibility index (Phi) is 6.95. The van der Waals surface area contributed by atoms with E-state index in [-0.39, 0.29) is 10.8 Å². The lowest BCUT2D eigenvalue weighted by Crippen LogP contribution is -2.47. The first-order valence-electron chi connectivity index (χ1n) is 10.1.